The van der Waals surface area contributed by atoms with Crippen molar-refractivity contribution in [1.29, 1.82) is 0 Å². The van der Waals surface area contributed by atoms with Gasteiger partial charge in [0.15, 0.2) is 5.82 Å². The summed E-state index contributed by atoms with van der Waals surface area (Å²) in [5, 5.41) is 4.36. The number of alkyl halides is 1. The first kappa shape index (κ1) is 23.0. The number of amides is 1. The molecule has 0 aromatic carbocycles. The number of carbonyl (C=O) groups excluding carboxylic acids is 1. The summed E-state index contributed by atoms with van der Waals surface area (Å²) in [4.78, 5) is 20.8. The molecule has 0 bridgehead atoms. The van der Waals surface area contributed by atoms with Crippen molar-refractivity contribution >= 4 is 17.2 Å². The Balaban J connectivity index is 1.24. The first-order valence-corrected chi connectivity index (χ1v) is 12.3. The summed E-state index contributed by atoms with van der Waals surface area (Å²) >= 11 is 0. The fraction of sp³-hybridized carbons (Fsp3) is 0.577. The molecule has 4 heterocycles. The molecular weight excluding hydrogens is 431 g/mol. The minimum absolute atomic E-state index is 0.251. The lowest BCUT2D eigenvalue weighted by Crippen LogP contribution is -2.32. The third-order valence-corrected chi connectivity index (χ3v) is 7.47. The Morgan fingerprint density at radius 1 is 1.18 bits per heavy atom. The molecule has 5 rings (SSSR count). The van der Waals surface area contributed by atoms with Gasteiger partial charge in [-0.15, -0.1) is 0 Å². The Bertz CT molecular complexity index is 1150. The van der Waals surface area contributed by atoms with Crippen LogP contribution in [-0.2, 0) is 11.2 Å². The van der Waals surface area contributed by atoms with E-state index in [1.54, 1.807) is 20.2 Å². The summed E-state index contributed by atoms with van der Waals surface area (Å²) in [6.07, 6.45) is 12.8. The molecule has 2 aliphatic heterocycles. The lowest BCUT2D eigenvalue weighted by molar-refractivity contribution is -0.117. The van der Waals surface area contributed by atoms with Crippen LogP contribution in [0.4, 0.5) is 10.2 Å². The van der Waals surface area contributed by atoms with Crippen LogP contribution in [0.15, 0.2) is 41.9 Å². The van der Waals surface area contributed by atoms with Crippen LogP contribution in [0.1, 0.15) is 51.5 Å². The second kappa shape index (κ2) is 8.80. The smallest absolute Gasteiger partial charge is 0.221 e. The third kappa shape index (κ3) is 5.02. The summed E-state index contributed by atoms with van der Waals surface area (Å²) in [5.41, 5.74) is 8.85. The van der Waals surface area contributed by atoms with Crippen LogP contribution in [0.3, 0.4) is 0 Å². The van der Waals surface area contributed by atoms with Crippen LogP contribution >= 0.6 is 0 Å². The molecule has 1 spiro atoms. The Morgan fingerprint density at radius 3 is 2.68 bits per heavy atom. The molecule has 1 atom stereocenters. The van der Waals surface area contributed by atoms with E-state index in [0.717, 1.165) is 74.5 Å². The Kier molecular flexibility index (Phi) is 5.96. The second-order valence-corrected chi connectivity index (χ2v) is 11.1. The molecule has 1 unspecified atom stereocenters. The summed E-state index contributed by atoms with van der Waals surface area (Å²) in [7, 11) is 0. The van der Waals surface area contributed by atoms with Crippen molar-refractivity contribution in [2.45, 2.75) is 58.0 Å². The van der Waals surface area contributed by atoms with E-state index in [1.165, 1.54) is 12.0 Å². The van der Waals surface area contributed by atoms with Crippen LogP contribution in [0.5, 0.6) is 0 Å². The topological polar surface area (TPSA) is 79.8 Å². The van der Waals surface area contributed by atoms with Gasteiger partial charge < -0.3 is 10.6 Å². The molecule has 0 radical (unpaired) electrons. The van der Waals surface area contributed by atoms with Crippen LogP contribution in [0.2, 0.25) is 0 Å². The van der Waals surface area contributed by atoms with Gasteiger partial charge in [0, 0.05) is 50.6 Å². The Morgan fingerprint density at radius 2 is 1.94 bits per heavy atom. The molecule has 2 aromatic heterocycles. The number of hydrogen-bond donors (Lipinski definition) is 1. The predicted octanol–water partition coefficient (Wildman–Crippen LogP) is 3.44. The maximum atomic E-state index is 14.2. The van der Waals surface area contributed by atoms with Gasteiger partial charge >= 0.3 is 0 Å². The predicted molar refractivity (Wildman–Crippen MR) is 131 cm³/mol. The zero-order valence-corrected chi connectivity index (χ0v) is 20.3. The molecule has 2 saturated heterocycles. The van der Waals surface area contributed by atoms with E-state index in [1.807, 2.05) is 16.8 Å². The molecule has 2 N–H and O–H groups in total. The highest BCUT2D eigenvalue weighted by Gasteiger charge is 2.44. The first-order chi connectivity index (χ1) is 16.2. The van der Waals surface area contributed by atoms with Crippen LogP contribution < -0.4 is 10.6 Å². The number of rotatable bonds is 7. The molecule has 3 aliphatic rings. The highest BCUT2D eigenvalue weighted by molar-refractivity contribution is 5.76. The van der Waals surface area contributed by atoms with Gasteiger partial charge in [-0.05, 0) is 57.7 Å². The number of likely N-dealkylation sites (tertiary alicyclic amines) is 1. The highest BCUT2D eigenvalue weighted by Crippen LogP contribution is 2.42. The molecular formula is C26H35FN6O. The number of primary amides is 1. The Labute approximate surface area is 200 Å². The van der Waals surface area contributed by atoms with Gasteiger partial charge in [-0.1, -0.05) is 23.3 Å². The number of fused-ring (bicyclic) bond motifs is 1. The van der Waals surface area contributed by atoms with Crippen LogP contribution in [0, 0.1) is 5.41 Å². The van der Waals surface area contributed by atoms with Gasteiger partial charge in [0.2, 0.25) is 5.91 Å². The first-order valence-electron chi connectivity index (χ1n) is 12.3. The number of carbonyl (C=O) groups is 1. The molecule has 2 fully saturated rings. The van der Waals surface area contributed by atoms with Crippen LogP contribution in [-0.4, -0.2) is 63.8 Å². The zero-order chi connectivity index (χ0) is 23.9. The largest absolute Gasteiger partial charge is 0.369 e. The SMILES string of the molecule is CC(C)(F)Cc1cc2c(N3CCC4(CCN(CC5=CC=C(CC(N)=O)CC5)C4)C3)ncnn2c1. The van der Waals surface area contributed by atoms with E-state index in [9.17, 15) is 9.18 Å². The lowest BCUT2D eigenvalue weighted by atomic mass is 9.86. The number of aromatic nitrogens is 3. The average Bonchev–Trinajstić information content (AvgIpc) is 3.46. The monoisotopic (exact) mass is 466 g/mol. The van der Waals surface area contributed by atoms with Crippen molar-refractivity contribution in [3.8, 4) is 0 Å². The quantitative estimate of drug-likeness (QED) is 0.676. The van der Waals surface area contributed by atoms with Crippen molar-refractivity contribution in [1.82, 2.24) is 19.5 Å². The van der Waals surface area contributed by atoms with E-state index in [2.05, 4.69) is 32.0 Å². The molecule has 2 aromatic rings. The standard InChI is InChI=1S/C26H35FN6O/c1-25(2,27)13-21-11-22-24(29-18-30-33(22)15-21)32-10-8-26(17-32)7-9-31(16-26)14-20-5-3-19(4-6-20)12-23(28)34/h3,5,11,15,18H,4,6-10,12-14,16-17H2,1-2H3,(H2,28,34). The molecule has 1 amide bonds. The van der Waals surface area contributed by atoms with E-state index < -0.39 is 5.67 Å². The van der Waals surface area contributed by atoms with Gasteiger partial charge in [-0.2, -0.15) is 5.10 Å². The molecule has 7 nitrogen and oxygen atoms in total. The summed E-state index contributed by atoms with van der Waals surface area (Å²) in [6, 6.07) is 2.04. The summed E-state index contributed by atoms with van der Waals surface area (Å²) in [6.45, 7) is 8.41. The molecule has 1 aliphatic carbocycles. The number of halogens is 1. The number of nitrogens with two attached hydrogens (primary N) is 1. The normalized spacial score (nSPS) is 23.7. The van der Waals surface area contributed by atoms with E-state index in [-0.39, 0.29) is 5.91 Å². The Hall–Kier alpha value is -2.74. The fourth-order valence-electron chi connectivity index (χ4n) is 5.92. The zero-order valence-electron chi connectivity index (χ0n) is 20.3. The summed E-state index contributed by atoms with van der Waals surface area (Å²) in [5.74, 6) is 0.703. The highest BCUT2D eigenvalue weighted by atomic mass is 19.1. The maximum absolute atomic E-state index is 14.2. The van der Waals surface area contributed by atoms with Crippen molar-refractivity contribution in [2.75, 3.05) is 37.6 Å². The molecule has 34 heavy (non-hydrogen) atoms. The number of allylic oxidation sites excluding steroid dienone is 2. The maximum Gasteiger partial charge on any atom is 0.221 e. The number of nitrogens with zero attached hydrogens (tertiary/aromatic N) is 5. The van der Waals surface area contributed by atoms with Gasteiger partial charge in [0.1, 0.15) is 17.5 Å². The van der Waals surface area contributed by atoms with E-state index in [0.29, 0.717) is 18.3 Å². The fourth-order valence-corrected chi connectivity index (χ4v) is 5.92. The van der Waals surface area contributed by atoms with Gasteiger partial charge in [0.05, 0.1) is 0 Å². The van der Waals surface area contributed by atoms with E-state index in [4.69, 9.17) is 5.73 Å². The molecule has 0 saturated carbocycles. The van der Waals surface area contributed by atoms with Crippen LogP contribution in [0.25, 0.3) is 5.52 Å². The summed E-state index contributed by atoms with van der Waals surface area (Å²) < 4.78 is 16.0. The molecule has 182 valence electrons. The van der Waals surface area contributed by atoms with E-state index >= 15 is 0 Å². The number of anilines is 1. The minimum atomic E-state index is -1.25. The third-order valence-electron chi connectivity index (χ3n) is 7.47. The van der Waals surface area contributed by atoms with Gasteiger partial charge in [-0.3, -0.25) is 9.69 Å². The number of hydrogen-bond acceptors (Lipinski definition) is 5. The average molecular weight is 467 g/mol. The van der Waals surface area contributed by atoms with Crippen molar-refractivity contribution < 1.29 is 9.18 Å². The molecule has 8 heteroatoms. The van der Waals surface area contributed by atoms with Crippen molar-refractivity contribution in [2.24, 2.45) is 11.1 Å². The lowest BCUT2D eigenvalue weighted by Gasteiger charge is -2.26. The van der Waals surface area contributed by atoms with Crippen molar-refractivity contribution in [3.63, 3.8) is 0 Å². The van der Waals surface area contributed by atoms with Gasteiger partial charge in [-0.25, -0.2) is 13.9 Å². The van der Waals surface area contributed by atoms with Crippen molar-refractivity contribution in [3.05, 3.63) is 47.5 Å². The van der Waals surface area contributed by atoms with Gasteiger partial charge in [0.25, 0.3) is 0 Å². The minimum Gasteiger partial charge on any atom is -0.369 e. The second-order valence-electron chi connectivity index (χ2n) is 11.1.